The number of aliphatic hydroxyl groups is 2. The van der Waals surface area contributed by atoms with Crippen molar-refractivity contribution in [2.45, 2.75) is 50.4 Å². The fraction of sp³-hybridized carbons (Fsp3) is 0.688. The molecule has 3 rings (SSSR count). The van der Waals surface area contributed by atoms with E-state index in [0.29, 0.717) is 25.5 Å². The number of rotatable bonds is 6. The molecule has 1 heterocycles. The summed E-state index contributed by atoms with van der Waals surface area (Å²) in [5.74, 6) is 0.733. The number of nitrogens with zero attached hydrogens (tertiary/aromatic N) is 1. The van der Waals surface area contributed by atoms with Crippen molar-refractivity contribution in [3.05, 3.63) is 24.5 Å². The van der Waals surface area contributed by atoms with Crippen molar-refractivity contribution in [2.24, 2.45) is 5.41 Å². The van der Waals surface area contributed by atoms with E-state index in [1.807, 2.05) is 12.1 Å². The first-order valence-corrected chi connectivity index (χ1v) is 7.79. The van der Waals surface area contributed by atoms with Crippen LogP contribution in [0, 0.1) is 5.41 Å². The van der Waals surface area contributed by atoms with Crippen LogP contribution in [0.2, 0.25) is 0 Å². The molecule has 2 aliphatic carbocycles. The van der Waals surface area contributed by atoms with Crippen molar-refractivity contribution >= 4 is 0 Å². The van der Waals surface area contributed by atoms with Crippen molar-refractivity contribution < 1.29 is 14.9 Å². The van der Waals surface area contributed by atoms with E-state index in [2.05, 4.69) is 10.3 Å². The molecule has 1 aromatic heterocycles. The molecule has 0 aliphatic heterocycles. The predicted octanol–water partition coefficient (Wildman–Crippen LogP) is 1.10. The van der Waals surface area contributed by atoms with Crippen LogP contribution in [0.1, 0.15) is 32.1 Å². The summed E-state index contributed by atoms with van der Waals surface area (Å²) in [5, 5.41) is 23.4. The average Bonchev–Trinajstić information content (AvgIpc) is 2.72. The van der Waals surface area contributed by atoms with Gasteiger partial charge in [0.05, 0.1) is 25.0 Å². The van der Waals surface area contributed by atoms with Gasteiger partial charge in [-0.3, -0.25) is 4.98 Å². The van der Waals surface area contributed by atoms with Gasteiger partial charge in [0.1, 0.15) is 5.75 Å². The molecule has 2 fully saturated rings. The molecule has 3 atom stereocenters. The Kier molecular flexibility index (Phi) is 4.42. The molecule has 116 valence electrons. The zero-order chi connectivity index (χ0) is 14.7. The van der Waals surface area contributed by atoms with Crippen LogP contribution >= 0.6 is 0 Å². The van der Waals surface area contributed by atoms with Crippen LogP contribution in [0.15, 0.2) is 24.5 Å². The van der Waals surface area contributed by atoms with Crippen molar-refractivity contribution in [1.29, 1.82) is 0 Å². The molecule has 0 radical (unpaired) electrons. The summed E-state index contributed by atoms with van der Waals surface area (Å²) in [6.45, 7) is 1.28. The van der Waals surface area contributed by atoms with Crippen LogP contribution in [-0.2, 0) is 0 Å². The largest absolute Gasteiger partial charge is 0.491 e. The third kappa shape index (κ3) is 3.54. The number of aliphatic hydroxyl groups excluding tert-OH is 2. The van der Waals surface area contributed by atoms with Crippen molar-refractivity contribution in [3.8, 4) is 5.75 Å². The van der Waals surface area contributed by atoms with Crippen LogP contribution in [0.25, 0.3) is 0 Å². The van der Waals surface area contributed by atoms with Crippen molar-refractivity contribution in [1.82, 2.24) is 10.3 Å². The molecule has 1 aromatic rings. The minimum atomic E-state index is -0.648. The lowest BCUT2D eigenvalue weighted by molar-refractivity contribution is 0.0438. The molecule has 0 aromatic carbocycles. The molecule has 5 heteroatoms. The van der Waals surface area contributed by atoms with Crippen LogP contribution < -0.4 is 10.1 Å². The Morgan fingerprint density at radius 1 is 1.29 bits per heavy atom. The Hall–Kier alpha value is -1.17. The number of nitrogens with one attached hydrogen (secondary N) is 1. The molecule has 0 bridgehead atoms. The van der Waals surface area contributed by atoms with E-state index in [0.717, 1.165) is 12.3 Å². The fourth-order valence-corrected chi connectivity index (χ4v) is 3.20. The number of pyridine rings is 1. The van der Waals surface area contributed by atoms with Crippen molar-refractivity contribution in [3.63, 3.8) is 0 Å². The lowest BCUT2D eigenvalue weighted by Gasteiger charge is -2.34. The van der Waals surface area contributed by atoms with Gasteiger partial charge in [0.25, 0.3) is 0 Å². The maximum Gasteiger partial charge on any atom is 0.137 e. The second-order valence-corrected chi connectivity index (χ2v) is 6.53. The zero-order valence-electron chi connectivity index (χ0n) is 12.2. The van der Waals surface area contributed by atoms with Crippen LogP contribution in [0.4, 0.5) is 0 Å². The number of hydrogen-bond donors (Lipinski definition) is 3. The molecule has 0 amide bonds. The molecular weight excluding hydrogens is 268 g/mol. The van der Waals surface area contributed by atoms with Crippen LogP contribution in [0.5, 0.6) is 5.75 Å². The second-order valence-electron chi connectivity index (χ2n) is 6.53. The quantitative estimate of drug-likeness (QED) is 0.732. The van der Waals surface area contributed by atoms with Gasteiger partial charge in [-0.15, -0.1) is 0 Å². The third-order valence-electron chi connectivity index (χ3n) is 4.78. The maximum absolute atomic E-state index is 9.92. The molecule has 2 aliphatic rings. The fourth-order valence-electron chi connectivity index (χ4n) is 3.20. The van der Waals surface area contributed by atoms with Gasteiger partial charge < -0.3 is 20.3 Å². The molecule has 3 N–H and O–H groups in total. The number of hydrogen-bond acceptors (Lipinski definition) is 5. The van der Waals surface area contributed by atoms with Gasteiger partial charge in [0.2, 0.25) is 0 Å². The van der Waals surface area contributed by atoms with Gasteiger partial charge in [-0.05, 0) is 37.8 Å². The first-order chi connectivity index (χ1) is 10.2. The number of ether oxygens (including phenoxy) is 1. The summed E-state index contributed by atoms with van der Waals surface area (Å²) in [6, 6.07) is 4.31. The Morgan fingerprint density at radius 2 is 2.05 bits per heavy atom. The SMILES string of the molecule is O[C@@H]1CC(CNC2CCC2)(COc2cccnc2)C[C@@H]1O. The Balaban J connectivity index is 1.61. The first kappa shape index (κ1) is 14.8. The van der Waals surface area contributed by atoms with Gasteiger partial charge >= 0.3 is 0 Å². The molecule has 2 saturated carbocycles. The zero-order valence-corrected chi connectivity index (χ0v) is 12.2. The molecule has 1 unspecified atom stereocenters. The van der Waals surface area contributed by atoms with Gasteiger partial charge in [0, 0.05) is 24.2 Å². The lowest BCUT2D eigenvalue weighted by atomic mass is 9.85. The van der Waals surface area contributed by atoms with Gasteiger partial charge in [-0.1, -0.05) is 6.42 Å². The lowest BCUT2D eigenvalue weighted by Crippen LogP contribution is -2.44. The Labute approximate surface area is 125 Å². The Bertz CT molecular complexity index is 440. The third-order valence-corrected chi connectivity index (χ3v) is 4.78. The highest BCUT2D eigenvalue weighted by molar-refractivity contribution is 5.15. The minimum absolute atomic E-state index is 0.204. The minimum Gasteiger partial charge on any atom is -0.491 e. The summed E-state index contributed by atoms with van der Waals surface area (Å²) in [7, 11) is 0. The van der Waals surface area contributed by atoms with E-state index < -0.39 is 12.2 Å². The highest BCUT2D eigenvalue weighted by Crippen LogP contribution is 2.39. The van der Waals surface area contributed by atoms with Gasteiger partial charge in [-0.2, -0.15) is 0 Å². The Morgan fingerprint density at radius 3 is 2.62 bits per heavy atom. The van der Waals surface area contributed by atoms with Crippen LogP contribution in [-0.4, -0.2) is 46.6 Å². The van der Waals surface area contributed by atoms with Crippen LogP contribution in [0.3, 0.4) is 0 Å². The molecule has 21 heavy (non-hydrogen) atoms. The molecule has 0 spiro atoms. The summed E-state index contributed by atoms with van der Waals surface area (Å²) in [6.07, 6.45) is 7.01. The van der Waals surface area contributed by atoms with E-state index in [1.54, 1.807) is 12.4 Å². The number of aromatic nitrogens is 1. The predicted molar refractivity (Wildman–Crippen MR) is 79.1 cm³/mol. The summed E-state index contributed by atoms with van der Waals surface area (Å²) < 4.78 is 5.85. The normalized spacial score (nSPS) is 32.9. The average molecular weight is 292 g/mol. The summed E-state index contributed by atoms with van der Waals surface area (Å²) in [5.41, 5.74) is -0.204. The van der Waals surface area contributed by atoms with Gasteiger partial charge in [0.15, 0.2) is 0 Å². The summed E-state index contributed by atoms with van der Waals surface area (Å²) >= 11 is 0. The smallest absolute Gasteiger partial charge is 0.137 e. The molecular formula is C16H24N2O3. The summed E-state index contributed by atoms with van der Waals surface area (Å²) in [4.78, 5) is 4.04. The van der Waals surface area contributed by atoms with Gasteiger partial charge in [-0.25, -0.2) is 0 Å². The highest BCUT2D eigenvalue weighted by Gasteiger charge is 2.45. The molecule has 0 saturated heterocycles. The van der Waals surface area contributed by atoms with E-state index in [1.165, 1.54) is 19.3 Å². The highest BCUT2D eigenvalue weighted by atomic mass is 16.5. The first-order valence-electron chi connectivity index (χ1n) is 7.79. The maximum atomic E-state index is 9.92. The van der Waals surface area contributed by atoms with E-state index in [4.69, 9.17) is 4.74 Å². The monoisotopic (exact) mass is 292 g/mol. The topological polar surface area (TPSA) is 74.6 Å². The van der Waals surface area contributed by atoms with E-state index in [-0.39, 0.29) is 5.41 Å². The van der Waals surface area contributed by atoms with Crippen molar-refractivity contribution in [2.75, 3.05) is 13.2 Å². The van der Waals surface area contributed by atoms with E-state index in [9.17, 15) is 10.2 Å². The second kappa shape index (κ2) is 6.30. The standard InChI is InChI=1S/C16H24N2O3/c19-14-7-16(8-15(14)20,10-18-12-3-1-4-12)11-21-13-5-2-6-17-9-13/h2,5-6,9,12,14-15,18-20H,1,3-4,7-8,10-11H2/t14-,15+,16?. The molecule has 5 nitrogen and oxygen atoms in total. The van der Waals surface area contributed by atoms with E-state index >= 15 is 0 Å².